The molecular weight excluding hydrogens is 264 g/mol. The van der Waals surface area contributed by atoms with E-state index in [1.165, 1.54) is 0 Å². The number of sulfonamides is 1. The Morgan fingerprint density at radius 1 is 1.47 bits per heavy atom. The molecule has 0 aliphatic carbocycles. The average Bonchev–Trinajstić information content (AvgIpc) is 2.65. The highest BCUT2D eigenvalue weighted by Crippen LogP contribution is 2.05. The van der Waals surface area contributed by atoms with E-state index in [4.69, 9.17) is 0 Å². The summed E-state index contributed by atoms with van der Waals surface area (Å²) in [6.07, 6.45) is 2.46. The van der Waals surface area contributed by atoms with Crippen molar-refractivity contribution in [2.45, 2.75) is 39.8 Å². The van der Waals surface area contributed by atoms with E-state index >= 15 is 0 Å². The first-order chi connectivity index (χ1) is 8.85. The Kier molecular flexibility index (Phi) is 5.96. The lowest BCUT2D eigenvalue weighted by Gasteiger charge is -2.14. The molecule has 1 aromatic heterocycles. The summed E-state index contributed by atoms with van der Waals surface area (Å²) in [5, 5.41) is 7.46. The van der Waals surface area contributed by atoms with Crippen LogP contribution >= 0.6 is 0 Å². The molecule has 6 nitrogen and oxygen atoms in total. The van der Waals surface area contributed by atoms with E-state index in [1.54, 1.807) is 0 Å². The molecule has 0 aliphatic heterocycles. The van der Waals surface area contributed by atoms with Crippen LogP contribution in [0.5, 0.6) is 0 Å². The molecule has 2 N–H and O–H groups in total. The Labute approximate surface area is 115 Å². The molecule has 1 atom stereocenters. The van der Waals surface area contributed by atoms with Gasteiger partial charge in [-0.3, -0.25) is 4.68 Å². The van der Waals surface area contributed by atoms with Crippen molar-refractivity contribution in [1.82, 2.24) is 19.8 Å². The van der Waals surface area contributed by atoms with Crippen LogP contribution in [-0.4, -0.2) is 36.5 Å². The summed E-state index contributed by atoms with van der Waals surface area (Å²) in [6.45, 7) is 6.92. The maximum absolute atomic E-state index is 11.5. The first-order valence-corrected chi connectivity index (χ1v) is 8.19. The van der Waals surface area contributed by atoms with Crippen molar-refractivity contribution < 1.29 is 8.42 Å². The summed E-state index contributed by atoms with van der Waals surface area (Å²) in [5.74, 6) is 0.182. The first-order valence-electron chi connectivity index (χ1n) is 6.54. The molecule has 19 heavy (non-hydrogen) atoms. The summed E-state index contributed by atoms with van der Waals surface area (Å²) in [7, 11) is -1.22. The normalized spacial score (nSPS) is 13.7. The van der Waals surface area contributed by atoms with E-state index in [9.17, 15) is 8.42 Å². The number of aryl methyl sites for hydroxylation is 1. The topological polar surface area (TPSA) is 76.0 Å². The van der Waals surface area contributed by atoms with Gasteiger partial charge in [0.2, 0.25) is 10.0 Å². The molecule has 0 saturated carbocycles. The molecule has 0 unspecified atom stereocenters. The van der Waals surface area contributed by atoms with E-state index in [0.29, 0.717) is 19.5 Å². The zero-order valence-corrected chi connectivity index (χ0v) is 12.9. The third-order valence-corrected chi connectivity index (χ3v) is 4.61. The van der Waals surface area contributed by atoms with Crippen LogP contribution in [0.3, 0.4) is 0 Å². The Morgan fingerprint density at radius 2 is 2.16 bits per heavy atom. The third-order valence-electron chi connectivity index (χ3n) is 3.06. The van der Waals surface area contributed by atoms with Crippen molar-refractivity contribution in [2.75, 3.05) is 12.3 Å². The molecule has 0 fully saturated rings. The van der Waals surface area contributed by atoms with Gasteiger partial charge in [0.15, 0.2) is 0 Å². The SMILES string of the molecule is CCCS(=O)(=O)NC[C@@H](C)NCc1cnn(C)c1C. The molecule has 110 valence electrons. The number of rotatable bonds is 8. The van der Waals surface area contributed by atoms with Crippen LogP contribution in [0.1, 0.15) is 31.5 Å². The summed E-state index contributed by atoms with van der Waals surface area (Å²) in [4.78, 5) is 0. The molecule has 0 saturated heterocycles. The maximum atomic E-state index is 11.5. The minimum atomic E-state index is -3.12. The van der Waals surface area contributed by atoms with E-state index in [0.717, 1.165) is 11.3 Å². The van der Waals surface area contributed by atoms with Crippen molar-refractivity contribution >= 4 is 10.0 Å². The molecule has 0 aliphatic rings. The molecule has 1 aromatic rings. The molecule has 1 heterocycles. The monoisotopic (exact) mass is 288 g/mol. The third kappa shape index (κ3) is 5.30. The minimum Gasteiger partial charge on any atom is -0.309 e. The van der Waals surface area contributed by atoms with Crippen molar-refractivity contribution in [1.29, 1.82) is 0 Å². The Hall–Kier alpha value is -0.920. The number of aromatic nitrogens is 2. The molecule has 0 bridgehead atoms. The van der Waals surface area contributed by atoms with Crippen molar-refractivity contribution in [3.8, 4) is 0 Å². The number of hydrogen-bond donors (Lipinski definition) is 2. The van der Waals surface area contributed by atoms with Gasteiger partial charge in [-0.25, -0.2) is 13.1 Å². The summed E-state index contributed by atoms with van der Waals surface area (Å²) < 4.78 is 27.5. The zero-order valence-electron chi connectivity index (χ0n) is 12.1. The fourth-order valence-electron chi connectivity index (χ4n) is 1.67. The van der Waals surface area contributed by atoms with Gasteiger partial charge in [-0.05, 0) is 20.3 Å². The van der Waals surface area contributed by atoms with Crippen LogP contribution in [0, 0.1) is 6.92 Å². The Bertz CT molecular complexity index is 496. The lowest BCUT2D eigenvalue weighted by atomic mass is 10.2. The fourth-order valence-corrected chi connectivity index (χ4v) is 2.85. The highest BCUT2D eigenvalue weighted by molar-refractivity contribution is 7.89. The van der Waals surface area contributed by atoms with Gasteiger partial charge in [0.25, 0.3) is 0 Å². The second kappa shape index (κ2) is 7.02. The average molecular weight is 288 g/mol. The van der Waals surface area contributed by atoms with Gasteiger partial charge in [-0.15, -0.1) is 0 Å². The quantitative estimate of drug-likeness (QED) is 0.732. The standard InChI is InChI=1S/C12H24N4O2S/c1-5-6-19(17,18)15-7-10(2)13-8-12-9-14-16(4)11(12)3/h9-10,13,15H,5-8H2,1-4H3/t10-/m1/s1. The van der Waals surface area contributed by atoms with Crippen LogP contribution in [-0.2, 0) is 23.6 Å². The first kappa shape index (κ1) is 16.1. The molecule has 1 rings (SSSR count). The van der Waals surface area contributed by atoms with Crippen LogP contribution in [0.15, 0.2) is 6.20 Å². The predicted octanol–water partition coefficient (Wildman–Crippen LogP) is 0.536. The van der Waals surface area contributed by atoms with Crippen LogP contribution in [0.25, 0.3) is 0 Å². The number of nitrogens with zero attached hydrogens (tertiary/aromatic N) is 2. The maximum Gasteiger partial charge on any atom is 0.211 e. The van der Waals surface area contributed by atoms with Gasteiger partial charge in [0, 0.05) is 37.4 Å². The van der Waals surface area contributed by atoms with E-state index in [1.807, 2.05) is 38.7 Å². The fraction of sp³-hybridized carbons (Fsp3) is 0.750. The second-order valence-corrected chi connectivity index (χ2v) is 6.75. The molecular formula is C12H24N4O2S. The number of nitrogens with one attached hydrogen (secondary N) is 2. The van der Waals surface area contributed by atoms with Gasteiger partial charge >= 0.3 is 0 Å². The lowest BCUT2D eigenvalue weighted by Crippen LogP contribution is -2.39. The van der Waals surface area contributed by atoms with Crippen molar-refractivity contribution in [3.63, 3.8) is 0 Å². The van der Waals surface area contributed by atoms with Crippen LogP contribution in [0.2, 0.25) is 0 Å². The summed E-state index contributed by atoms with van der Waals surface area (Å²) in [6, 6.07) is 0.0752. The minimum absolute atomic E-state index is 0.0752. The van der Waals surface area contributed by atoms with Crippen molar-refractivity contribution in [2.24, 2.45) is 7.05 Å². The highest BCUT2D eigenvalue weighted by atomic mass is 32.2. The zero-order chi connectivity index (χ0) is 14.5. The van der Waals surface area contributed by atoms with Gasteiger partial charge in [0.05, 0.1) is 11.9 Å². The Balaban J connectivity index is 2.36. The molecule has 0 spiro atoms. The van der Waals surface area contributed by atoms with Crippen molar-refractivity contribution in [3.05, 3.63) is 17.5 Å². The van der Waals surface area contributed by atoms with Crippen LogP contribution < -0.4 is 10.0 Å². The second-order valence-electron chi connectivity index (χ2n) is 4.83. The van der Waals surface area contributed by atoms with Gasteiger partial charge in [-0.2, -0.15) is 5.10 Å². The van der Waals surface area contributed by atoms with E-state index in [2.05, 4.69) is 15.1 Å². The van der Waals surface area contributed by atoms with E-state index < -0.39 is 10.0 Å². The number of hydrogen-bond acceptors (Lipinski definition) is 4. The van der Waals surface area contributed by atoms with Crippen LogP contribution in [0.4, 0.5) is 0 Å². The van der Waals surface area contributed by atoms with Gasteiger partial charge in [0.1, 0.15) is 0 Å². The van der Waals surface area contributed by atoms with E-state index in [-0.39, 0.29) is 11.8 Å². The molecule has 0 radical (unpaired) electrons. The summed E-state index contributed by atoms with van der Waals surface area (Å²) in [5.41, 5.74) is 2.25. The van der Waals surface area contributed by atoms with Gasteiger partial charge < -0.3 is 5.32 Å². The predicted molar refractivity (Wildman–Crippen MR) is 76.3 cm³/mol. The summed E-state index contributed by atoms with van der Waals surface area (Å²) >= 11 is 0. The Morgan fingerprint density at radius 3 is 2.68 bits per heavy atom. The molecule has 0 amide bonds. The lowest BCUT2D eigenvalue weighted by molar-refractivity contribution is 0.523. The highest BCUT2D eigenvalue weighted by Gasteiger charge is 2.11. The van der Waals surface area contributed by atoms with Gasteiger partial charge in [-0.1, -0.05) is 6.92 Å². The smallest absolute Gasteiger partial charge is 0.211 e. The molecule has 7 heteroatoms. The largest absolute Gasteiger partial charge is 0.309 e. The molecule has 0 aromatic carbocycles.